The van der Waals surface area contributed by atoms with Crippen molar-refractivity contribution in [3.8, 4) is 0 Å². The van der Waals surface area contributed by atoms with Gasteiger partial charge in [-0.2, -0.15) is 0 Å². The molecule has 130 valence electrons. The fourth-order valence-electron chi connectivity index (χ4n) is 2.43. The van der Waals surface area contributed by atoms with Crippen LogP contribution in [0.25, 0.3) is 0 Å². The Morgan fingerprint density at radius 2 is 1.84 bits per heavy atom. The van der Waals surface area contributed by atoms with Crippen LogP contribution in [0.1, 0.15) is 27.2 Å². The maximum Gasteiger partial charge on any atom is 0.0456 e. The van der Waals surface area contributed by atoms with Gasteiger partial charge in [0.25, 0.3) is 0 Å². The summed E-state index contributed by atoms with van der Waals surface area (Å²) in [7, 11) is 0. The SMILES string of the molecule is C=C1C=CC=CN1c1ccc(N/C(=C\N)C/C(C)=C/C=C(C)C)cc1. The Morgan fingerprint density at radius 1 is 1.12 bits per heavy atom. The normalized spacial score (nSPS) is 14.7. The first-order chi connectivity index (χ1) is 12.0. The van der Waals surface area contributed by atoms with E-state index >= 15 is 0 Å². The van der Waals surface area contributed by atoms with Crippen molar-refractivity contribution in [3.05, 3.63) is 96.2 Å². The van der Waals surface area contributed by atoms with Gasteiger partial charge in [-0.25, -0.2) is 0 Å². The van der Waals surface area contributed by atoms with E-state index in [2.05, 4.69) is 61.9 Å². The molecule has 2 rings (SSSR count). The lowest BCUT2D eigenvalue weighted by atomic mass is 10.1. The summed E-state index contributed by atoms with van der Waals surface area (Å²) in [6, 6.07) is 8.23. The van der Waals surface area contributed by atoms with Crippen molar-refractivity contribution in [3.63, 3.8) is 0 Å². The number of benzene rings is 1. The first-order valence-electron chi connectivity index (χ1n) is 8.41. The maximum absolute atomic E-state index is 5.79. The molecule has 1 aromatic carbocycles. The van der Waals surface area contributed by atoms with E-state index in [1.165, 1.54) is 11.1 Å². The third-order valence-corrected chi connectivity index (χ3v) is 3.77. The summed E-state index contributed by atoms with van der Waals surface area (Å²) >= 11 is 0. The molecule has 0 atom stereocenters. The van der Waals surface area contributed by atoms with E-state index in [-0.39, 0.29) is 0 Å². The van der Waals surface area contributed by atoms with Gasteiger partial charge in [0.1, 0.15) is 0 Å². The van der Waals surface area contributed by atoms with Gasteiger partial charge in [0.05, 0.1) is 0 Å². The Bertz CT molecular complexity index is 755. The van der Waals surface area contributed by atoms with Crippen LogP contribution >= 0.6 is 0 Å². The Labute approximate surface area is 151 Å². The Hall–Kier alpha value is -2.94. The fourth-order valence-corrected chi connectivity index (χ4v) is 2.43. The molecule has 1 aliphatic rings. The molecule has 0 aliphatic carbocycles. The first-order valence-corrected chi connectivity index (χ1v) is 8.41. The van der Waals surface area contributed by atoms with Crippen LogP contribution in [0.3, 0.4) is 0 Å². The predicted molar refractivity (Wildman–Crippen MR) is 110 cm³/mol. The van der Waals surface area contributed by atoms with E-state index in [4.69, 9.17) is 5.73 Å². The van der Waals surface area contributed by atoms with Crippen molar-refractivity contribution >= 4 is 11.4 Å². The molecule has 0 unspecified atom stereocenters. The monoisotopic (exact) mass is 333 g/mol. The molecular formula is C22H27N3. The van der Waals surface area contributed by atoms with E-state index in [0.717, 1.165) is 29.2 Å². The topological polar surface area (TPSA) is 41.3 Å². The van der Waals surface area contributed by atoms with Crippen LogP contribution in [0.4, 0.5) is 11.4 Å². The van der Waals surface area contributed by atoms with Crippen LogP contribution in [-0.2, 0) is 0 Å². The van der Waals surface area contributed by atoms with Gasteiger partial charge in [-0.3, -0.25) is 0 Å². The van der Waals surface area contributed by atoms with E-state index in [0.29, 0.717) is 0 Å². The summed E-state index contributed by atoms with van der Waals surface area (Å²) < 4.78 is 0. The predicted octanol–water partition coefficient (Wildman–Crippen LogP) is 5.60. The third kappa shape index (κ3) is 5.57. The van der Waals surface area contributed by atoms with Gasteiger partial charge in [0.2, 0.25) is 0 Å². The molecule has 0 radical (unpaired) electrons. The van der Waals surface area contributed by atoms with Gasteiger partial charge in [-0.05, 0) is 57.2 Å². The minimum atomic E-state index is 0.790. The second-order valence-corrected chi connectivity index (χ2v) is 6.36. The zero-order valence-corrected chi connectivity index (χ0v) is 15.3. The molecule has 0 spiro atoms. The molecule has 3 nitrogen and oxygen atoms in total. The molecule has 0 saturated carbocycles. The highest BCUT2D eigenvalue weighted by molar-refractivity contribution is 5.63. The highest BCUT2D eigenvalue weighted by Gasteiger charge is 2.07. The summed E-state index contributed by atoms with van der Waals surface area (Å²) in [6.07, 6.45) is 14.6. The van der Waals surface area contributed by atoms with Gasteiger partial charge in [0.15, 0.2) is 0 Å². The molecule has 1 aliphatic heterocycles. The number of hydrogen-bond donors (Lipinski definition) is 2. The van der Waals surface area contributed by atoms with Crippen molar-refractivity contribution in [1.82, 2.24) is 0 Å². The minimum Gasteiger partial charge on any atom is -0.403 e. The summed E-state index contributed by atoms with van der Waals surface area (Å²) in [5.41, 5.74) is 12.3. The molecule has 0 amide bonds. The van der Waals surface area contributed by atoms with Crippen molar-refractivity contribution in [1.29, 1.82) is 0 Å². The number of nitrogens with one attached hydrogen (secondary N) is 1. The molecule has 1 heterocycles. The largest absolute Gasteiger partial charge is 0.403 e. The molecule has 3 N–H and O–H groups in total. The summed E-state index contributed by atoms with van der Waals surface area (Å²) in [5, 5.41) is 3.39. The first kappa shape index (κ1) is 18.4. The van der Waals surface area contributed by atoms with Gasteiger partial charge in [-0.15, -0.1) is 0 Å². The Balaban J connectivity index is 2.03. The van der Waals surface area contributed by atoms with E-state index in [1.807, 2.05) is 36.6 Å². The van der Waals surface area contributed by atoms with Crippen LogP contribution in [0.2, 0.25) is 0 Å². The zero-order valence-electron chi connectivity index (χ0n) is 15.3. The molecule has 0 bridgehead atoms. The van der Waals surface area contributed by atoms with Crippen LogP contribution < -0.4 is 16.0 Å². The van der Waals surface area contributed by atoms with E-state index in [1.54, 1.807) is 6.20 Å². The van der Waals surface area contributed by atoms with Crippen LogP contribution in [-0.4, -0.2) is 0 Å². The highest BCUT2D eigenvalue weighted by atomic mass is 15.1. The van der Waals surface area contributed by atoms with Gasteiger partial charge >= 0.3 is 0 Å². The lowest BCUT2D eigenvalue weighted by molar-refractivity contribution is 1.10. The number of allylic oxidation sites excluding steroid dienone is 7. The Morgan fingerprint density at radius 3 is 2.44 bits per heavy atom. The van der Waals surface area contributed by atoms with Crippen molar-refractivity contribution in [2.45, 2.75) is 27.2 Å². The van der Waals surface area contributed by atoms with Gasteiger partial charge in [-0.1, -0.05) is 36.0 Å². The third-order valence-electron chi connectivity index (χ3n) is 3.77. The molecule has 25 heavy (non-hydrogen) atoms. The Kier molecular flexibility index (Phi) is 6.47. The average molecular weight is 333 g/mol. The molecule has 0 saturated heterocycles. The van der Waals surface area contributed by atoms with Crippen LogP contribution in [0, 0.1) is 0 Å². The van der Waals surface area contributed by atoms with Gasteiger partial charge < -0.3 is 16.0 Å². The number of nitrogens with zero attached hydrogens (tertiary/aromatic N) is 1. The minimum absolute atomic E-state index is 0.790. The molecule has 3 heteroatoms. The quantitative estimate of drug-likeness (QED) is 0.665. The standard InChI is InChI=1S/C22H27N3/c1-17(2)8-9-18(3)15-21(16-23)24-20-10-12-22(13-11-20)25-14-6-5-7-19(25)4/h5-14,16,24H,4,15,23H2,1-3H3/b18-9+,21-16-. The summed E-state index contributed by atoms with van der Waals surface area (Å²) in [6.45, 7) is 10.3. The molecule has 0 fully saturated rings. The fraction of sp³-hybridized carbons (Fsp3) is 0.182. The summed E-state index contributed by atoms with van der Waals surface area (Å²) in [5.74, 6) is 0. The lowest BCUT2D eigenvalue weighted by Gasteiger charge is -2.23. The smallest absolute Gasteiger partial charge is 0.0456 e. The molecule has 1 aromatic rings. The van der Waals surface area contributed by atoms with Crippen molar-refractivity contribution in [2.75, 3.05) is 10.2 Å². The second kappa shape index (κ2) is 8.78. The van der Waals surface area contributed by atoms with Crippen LogP contribution in [0.5, 0.6) is 0 Å². The number of hydrogen-bond acceptors (Lipinski definition) is 3. The molecule has 0 aromatic heterocycles. The van der Waals surface area contributed by atoms with E-state index < -0.39 is 0 Å². The zero-order chi connectivity index (χ0) is 18.2. The lowest BCUT2D eigenvalue weighted by Crippen LogP contribution is -2.14. The number of nitrogens with two attached hydrogens (primary N) is 1. The number of rotatable bonds is 6. The average Bonchev–Trinajstić information content (AvgIpc) is 2.60. The maximum atomic E-state index is 5.79. The van der Waals surface area contributed by atoms with Crippen molar-refractivity contribution < 1.29 is 0 Å². The summed E-state index contributed by atoms with van der Waals surface area (Å²) in [4.78, 5) is 2.05. The van der Waals surface area contributed by atoms with E-state index in [9.17, 15) is 0 Å². The molecular weight excluding hydrogens is 306 g/mol. The van der Waals surface area contributed by atoms with Crippen LogP contribution in [0.15, 0.2) is 96.2 Å². The highest BCUT2D eigenvalue weighted by Crippen LogP contribution is 2.25. The second-order valence-electron chi connectivity index (χ2n) is 6.36. The number of anilines is 2. The van der Waals surface area contributed by atoms with Crippen molar-refractivity contribution in [2.24, 2.45) is 5.73 Å². The van der Waals surface area contributed by atoms with Gasteiger partial charge in [0, 0.05) is 41.6 Å².